The lowest BCUT2D eigenvalue weighted by atomic mass is 9.87. The van der Waals surface area contributed by atoms with E-state index in [-0.39, 0.29) is 34.8 Å². The van der Waals surface area contributed by atoms with Crippen LogP contribution in [0.4, 0.5) is 11.4 Å². The Bertz CT molecular complexity index is 872. The molecule has 0 saturated carbocycles. The zero-order valence-electron chi connectivity index (χ0n) is 17.3. The Morgan fingerprint density at radius 2 is 1.72 bits per heavy atom. The first-order valence-corrected chi connectivity index (χ1v) is 9.07. The average molecular weight is 402 g/mol. The lowest BCUT2D eigenvalue weighted by Gasteiger charge is -2.19. The molecule has 29 heavy (non-hydrogen) atoms. The summed E-state index contributed by atoms with van der Waals surface area (Å²) in [5.41, 5.74) is 1.14. The Morgan fingerprint density at radius 3 is 2.24 bits per heavy atom. The summed E-state index contributed by atoms with van der Waals surface area (Å²) in [4.78, 5) is 23.6. The smallest absolute Gasteiger partial charge is 0.286 e. The van der Waals surface area contributed by atoms with E-state index < -0.39 is 10.8 Å². The van der Waals surface area contributed by atoms with Crippen LogP contribution in [0.1, 0.15) is 36.7 Å². The van der Waals surface area contributed by atoms with Crippen molar-refractivity contribution in [1.29, 1.82) is 0 Å². The highest BCUT2D eigenvalue weighted by Gasteiger charge is 2.25. The minimum Gasteiger partial charge on any atom is -0.493 e. The molecule has 0 saturated heterocycles. The molecule has 0 aliphatic rings. The molecule has 0 fully saturated rings. The first-order chi connectivity index (χ1) is 13.7. The number of anilines is 1. The Morgan fingerprint density at radius 1 is 1.07 bits per heavy atom. The van der Waals surface area contributed by atoms with E-state index in [0.29, 0.717) is 12.3 Å². The second kappa shape index (κ2) is 9.38. The quantitative estimate of drug-likeness (QED) is 0.404. The zero-order valence-corrected chi connectivity index (χ0v) is 17.3. The van der Waals surface area contributed by atoms with Crippen LogP contribution in [0, 0.1) is 10.1 Å². The number of nitro groups is 1. The maximum absolute atomic E-state index is 12.7. The molecule has 0 radical (unpaired) electrons. The van der Waals surface area contributed by atoms with Crippen molar-refractivity contribution in [3.8, 4) is 11.5 Å². The molecule has 0 heterocycles. The summed E-state index contributed by atoms with van der Waals surface area (Å²) in [5.74, 6) is -0.218. The van der Waals surface area contributed by atoms with Gasteiger partial charge in [-0.1, -0.05) is 32.9 Å². The molecular formula is C21H26N2O6. The fourth-order valence-electron chi connectivity index (χ4n) is 2.64. The molecule has 1 amide bonds. The van der Waals surface area contributed by atoms with Crippen molar-refractivity contribution >= 4 is 17.3 Å². The summed E-state index contributed by atoms with van der Waals surface area (Å²) in [6, 6.07) is 9.85. The molecule has 0 aliphatic heterocycles. The van der Waals surface area contributed by atoms with Crippen LogP contribution in [0.25, 0.3) is 0 Å². The van der Waals surface area contributed by atoms with Gasteiger partial charge < -0.3 is 19.5 Å². The van der Waals surface area contributed by atoms with E-state index in [1.807, 2.05) is 12.1 Å². The third-order valence-electron chi connectivity index (χ3n) is 4.28. The van der Waals surface area contributed by atoms with E-state index in [0.717, 1.165) is 5.56 Å². The van der Waals surface area contributed by atoms with Gasteiger partial charge in [0, 0.05) is 18.9 Å². The van der Waals surface area contributed by atoms with Crippen LogP contribution in [0.5, 0.6) is 11.5 Å². The first kappa shape index (κ1) is 22.2. The van der Waals surface area contributed by atoms with Gasteiger partial charge in [0.1, 0.15) is 12.2 Å². The van der Waals surface area contributed by atoms with Crippen molar-refractivity contribution in [1.82, 2.24) is 0 Å². The number of hydrogen-bond donors (Lipinski definition) is 1. The van der Waals surface area contributed by atoms with Crippen molar-refractivity contribution in [2.75, 3.05) is 32.8 Å². The van der Waals surface area contributed by atoms with Crippen LogP contribution < -0.4 is 14.8 Å². The largest absolute Gasteiger partial charge is 0.493 e. The maximum Gasteiger partial charge on any atom is 0.286 e. The first-order valence-electron chi connectivity index (χ1n) is 9.07. The molecule has 8 nitrogen and oxygen atoms in total. The fourth-order valence-corrected chi connectivity index (χ4v) is 2.64. The Labute approximate surface area is 169 Å². The van der Waals surface area contributed by atoms with Crippen LogP contribution in [0.15, 0.2) is 36.4 Å². The van der Waals surface area contributed by atoms with E-state index in [4.69, 9.17) is 14.2 Å². The van der Waals surface area contributed by atoms with Gasteiger partial charge in [0.05, 0.1) is 24.7 Å². The third kappa shape index (κ3) is 5.68. The van der Waals surface area contributed by atoms with Gasteiger partial charge in [0.2, 0.25) is 0 Å². The number of nitrogens with one attached hydrogen (secondary N) is 1. The van der Waals surface area contributed by atoms with Gasteiger partial charge in [-0.05, 0) is 23.1 Å². The number of amides is 1. The van der Waals surface area contributed by atoms with Crippen LogP contribution in [0.2, 0.25) is 0 Å². The number of benzene rings is 2. The highest BCUT2D eigenvalue weighted by molar-refractivity contribution is 6.07. The van der Waals surface area contributed by atoms with Gasteiger partial charge in [0.15, 0.2) is 11.5 Å². The molecule has 0 atom stereocenters. The fraction of sp³-hybridized carbons (Fsp3) is 0.381. The molecule has 0 aromatic heterocycles. The highest BCUT2D eigenvalue weighted by atomic mass is 16.6. The maximum atomic E-state index is 12.7. The van der Waals surface area contributed by atoms with Crippen molar-refractivity contribution in [2.24, 2.45) is 0 Å². The van der Waals surface area contributed by atoms with Gasteiger partial charge >= 0.3 is 0 Å². The monoisotopic (exact) mass is 402 g/mol. The van der Waals surface area contributed by atoms with E-state index in [1.54, 1.807) is 12.1 Å². The molecular weight excluding hydrogens is 376 g/mol. The minimum absolute atomic E-state index is 0.0205. The highest BCUT2D eigenvalue weighted by Crippen LogP contribution is 2.35. The van der Waals surface area contributed by atoms with E-state index >= 15 is 0 Å². The third-order valence-corrected chi connectivity index (χ3v) is 4.28. The summed E-state index contributed by atoms with van der Waals surface area (Å²) in [6.45, 7) is 6.77. The van der Waals surface area contributed by atoms with Crippen LogP contribution in [-0.2, 0) is 10.2 Å². The van der Waals surface area contributed by atoms with Gasteiger partial charge in [-0.15, -0.1) is 0 Å². The zero-order chi connectivity index (χ0) is 21.6. The molecule has 2 aromatic carbocycles. The molecule has 2 aromatic rings. The van der Waals surface area contributed by atoms with Crippen molar-refractivity contribution in [2.45, 2.75) is 26.2 Å². The van der Waals surface area contributed by atoms with Crippen molar-refractivity contribution in [3.05, 3.63) is 57.6 Å². The minimum atomic E-state index is -0.625. The molecule has 0 aliphatic carbocycles. The van der Waals surface area contributed by atoms with Gasteiger partial charge in [0.25, 0.3) is 11.6 Å². The summed E-state index contributed by atoms with van der Waals surface area (Å²) in [5, 5.41) is 14.2. The average Bonchev–Trinajstić information content (AvgIpc) is 2.67. The molecule has 0 spiro atoms. The van der Waals surface area contributed by atoms with Crippen LogP contribution in [0.3, 0.4) is 0 Å². The van der Waals surface area contributed by atoms with Gasteiger partial charge in [-0.3, -0.25) is 14.9 Å². The van der Waals surface area contributed by atoms with Crippen molar-refractivity contribution < 1.29 is 23.9 Å². The van der Waals surface area contributed by atoms with Crippen LogP contribution in [-0.4, -0.2) is 38.3 Å². The summed E-state index contributed by atoms with van der Waals surface area (Å²) < 4.78 is 15.6. The number of rotatable bonds is 8. The molecule has 8 heteroatoms. The molecule has 0 bridgehead atoms. The normalized spacial score (nSPS) is 11.1. The Balaban J connectivity index is 2.31. The lowest BCUT2D eigenvalue weighted by Crippen LogP contribution is -2.15. The molecule has 0 unspecified atom stereocenters. The Hall–Kier alpha value is -3.13. The molecule has 1 N–H and O–H groups in total. The number of methoxy groups -OCH3 is 2. The predicted molar refractivity (Wildman–Crippen MR) is 110 cm³/mol. The van der Waals surface area contributed by atoms with E-state index in [2.05, 4.69) is 26.1 Å². The van der Waals surface area contributed by atoms with Gasteiger partial charge in [-0.25, -0.2) is 0 Å². The molecule has 156 valence electrons. The number of hydrogen-bond acceptors (Lipinski definition) is 6. The topological polar surface area (TPSA) is 99.9 Å². The second-order valence-electron chi connectivity index (χ2n) is 7.40. The number of carbonyl (C=O) groups is 1. The lowest BCUT2D eigenvalue weighted by molar-refractivity contribution is -0.385. The van der Waals surface area contributed by atoms with Crippen LogP contribution >= 0.6 is 0 Å². The SMILES string of the molecule is COCCOc1cc([N+](=O)[O-])c(C(=O)Nc2ccc(C(C)(C)C)cc2)cc1OC. The standard InChI is InChI=1S/C21H26N2O6/c1-21(2,3)14-6-8-15(9-7-14)22-20(24)16-12-18(28-5)19(29-11-10-27-4)13-17(16)23(25)26/h6-9,12-13H,10-11H2,1-5H3,(H,22,24). The predicted octanol–water partition coefficient (Wildman–Crippen LogP) is 4.18. The summed E-state index contributed by atoms with van der Waals surface area (Å²) in [7, 11) is 2.92. The molecule has 2 rings (SSSR count). The van der Waals surface area contributed by atoms with E-state index in [9.17, 15) is 14.9 Å². The number of carbonyl (C=O) groups excluding carboxylic acids is 1. The summed E-state index contributed by atoms with van der Waals surface area (Å²) >= 11 is 0. The summed E-state index contributed by atoms with van der Waals surface area (Å²) in [6.07, 6.45) is 0. The van der Waals surface area contributed by atoms with E-state index in [1.165, 1.54) is 26.4 Å². The number of ether oxygens (including phenoxy) is 3. The Kier molecular flexibility index (Phi) is 7.17. The number of nitro benzene ring substituents is 1. The van der Waals surface area contributed by atoms with Crippen molar-refractivity contribution in [3.63, 3.8) is 0 Å². The number of nitrogens with zero attached hydrogens (tertiary/aromatic N) is 1. The second-order valence-corrected chi connectivity index (χ2v) is 7.40. The van der Waals surface area contributed by atoms with Gasteiger partial charge in [-0.2, -0.15) is 0 Å².